The zero-order valence-electron chi connectivity index (χ0n) is 11.8. The molecule has 1 aliphatic rings. The molecule has 3 rings (SSSR count). The van der Waals surface area contributed by atoms with Crippen molar-refractivity contribution in [2.45, 2.75) is 6.61 Å². The summed E-state index contributed by atoms with van der Waals surface area (Å²) in [5, 5.41) is 0. The van der Waals surface area contributed by atoms with Crippen molar-refractivity contribution < 1.29 is 19.1 Å². The van der Waals surface area contributed by atoms with Gasteiger partial charge in [0.2, 0.25) is 0 Å². The van der Waals surface area contributed by atoms with Gasteiger partial charge in [0, 0.05) is 18.2 Å². The number of hydrogen-bond acceptors (Lipinski definition) is 4. The summed E-state index contributed by atoms with van der Waals surface area (Å²) in [5.74, 6) is -0.517. The summed E-state index contributed by atoms with van der Waals surface area (Å²) in [7, 11) is 2.92. The maximum atomic E-state index is 12.6. The molecule has 1 aliphatic carbocycles. The third-order valence-corrected chi connectivity index (χ3v) is 3.65. The fraction of sp³-hybridized carbons (Fsp3) is 0.176. The number of rotatable bonds is 3. The molecule has 0 amide bonds. The van der Waals surface area contributed by atoms with Gasteiger partial charge in [0.25, 0.3) is 0 Å². The average Bonchev–Trinajstić information content (AvgIpc) is 2.80. The van der Waals surface area contributed by atoms with E-state index < -0.39 is 5.97 Å². The second kappa shape index (κ2) is 5.14. The highest BCUT2D eigenvalue weighted by molar-refractivity contribution is 6.23. The lowest BCUT2D eigenvalue weighted by Crippen LogP contribution is -2.04. The Morgan fingerprint density at radius 2 is 1.86 bits per heavy atom. The van der Waals surface area contributed by atoms with E-state index in [0.29, 0.717) is 23.3 Å². The Labute approximate surface area is 122 Å². The molecule has 0 atom stereocenters. The zero-order chi connectivity index (χ0) is 15.0. The molecule has 2 aromatic carbocycles. The van der Waals surface area contributed by atoms with E-state index in [1.165, 1.54) is 7.11 Å². The van der Waals surface area contributed by atoms with Gasteiger partial charge >= 0.3 is 5.97 Å². The minimum atomic E-state index is -0.446. The van der Waals surface area contributed by atoms with Crippen molar-refractivity contribution in [3.63, 3.8) is 0 Å². The number of benzene rings is 2. The molecule has 0 saturated carbocycles. The molecule has 0 unspecified atom stereocenters. The van der Waals surface area contributed by atoms with Gasteiger partial charge in [0.1, 0.15) is 0 Å². The summed E-state index contributed by atoms with van der Waals surface area (Å²) < 4.78 is 9.85. The van der Waals surface area contributed by atoms with Gasteiger partial charge in [-0.05, 0) is 28.8 Å². The van der Waals surface area contributed by atoms with Crippen LogP contribution in [0.5, 0.6) is 0 Å². The summed E-state index contributed by atoms with van der Waals surface area (Å²) in [6.07, 6.45) is 0. The zero-order valence-corrected chi connectivity index (χ0v) is 11.8. The average molecular weight is 282 g/mol. The molecule has 0 fully saturated rings. The van der Waals surface area contributed by atoms with Gasteiger partial charge in [-0.2, -0.15) is 0 Å². The Morgan fingerprint density at radius 1 is 1.05 bits per heavy atom. The van der Waals surface area contributed by atoms with E-state index in [1.807, 2.05) is 18.2 Å². The van der Waals surface area contributed by atoms with Crippen molar-refractivity contribution in [1.29, 1.82) is 0 Å². The third kappa shape index (κ3) is 2.04. The van der Waals surface area contributed by atoms with Gasteiger partial charge in [0.15, 0.2) is 5.78 Å². The molecule has 0 spiro atoms. The normalized spacial score (nSPS) is 12.0. The Kier molecular flexibility index (Phi) is 3.31. The minimum absolute atomic E-state index is 0.0709. The molecular weight excluding hydrogens is 268 g/mol. The van der Waals surface area contributed by atoms with Crippen LogP contribution in [-0.4, -0.2) is 26.0 Å². The molecule has 0 aromatic heterocycles. The van der Waals surface area contributed by atoms with Crippen molar-refractivity contribution >= 4 is 11.8 Å². The second-order valence-electron chi connectivity index (χ2n) is 4.85. The summed E-state index contributed by atoms with van der Waals surface area (Å²) in [5.41, 5.74) is 4.18. The van der Waals surface area contributed by atoms with E-state index in [4.69, 9.17) is 9.47 Å². The topological polar surface area (TPSA) is 52.6 Å². The van der Waals surface area contributed by atoms with Crippen LogP contribution < -0.4 is 0 Å². The first-order chi connectivity index (χ1) is 10.2. The number of carbonyl (C=O) groups excluding carboxylic acids is 2. The molecular formula is C17H14O4. The molecule has 106 valence electrons. The van der Waals surface area contributed by atoms with Crippen LogP contribution in [0.4, 0.5) is 0 Å². The highest BCUT2D eigenvalue weighted by Gasteiger charge is 2.29. The van der Waals surface area contributed by atoms with Crippen LogP contribution in [0, 0.1) is 0 Å². The molecule has 0 aliphatic heterocycles. The maximum absolute atomic E-state index is 12.6. The van der Waals surface area contributed by atoms with Crippen LogP contribution in [0.1, 0.15) is 31.8 Å². The molecule has 2 aromatic rings. The van der Waals surface area contributed by atoms with Gasteiger partial charge in [-0.25, -0.2) is 4.79 Å². The Morgan fingerprint density at radius 3 is 2.57 bits per heavy atom. The summed E-state index contributed by atoms with van der Waals surface area (Å²) in [6, 6.07) is 10.8. The van der Waals surface area contributed by atoms with E-state index in [0.717, 1.165) is 16.7 Å². The molecule has 0 N–H and O–H groups in total. The van der Waals surface area contributed by atoms with Gasteiger partial charge in [-0.15, -0.1) is 0 Å². The van der Waals surface area contributed by atoms with Crippen LogP contribution in [0.3, 0.4) is 0 Å². The molecule has 4 heteroatoms. The van der Waals surface area contributed by atoms with Gasteiger partial charge in [0.05, 0.1) is 19.3 Å². The fourth-order valence-corrected chi connectivity index (χ4v) is 2.71. The van der Waals surface area contributed by atoms with Crippen LogP contribution in [0.25, 0.3) is 11.1 Å². The van der Waals surface area contributed by atoms with Crippen LogP contribution >= 0.6 is 0 Å². The predicted molar refractivity (Wildman–Crippen MR) is 77.4 cm³/mol. The Bertz CT molecular complexity index is 746. The Hall–Kier alpha value is -2.46. The van der Waals surface area contributed by atoms with E-state index in [1.54, 1.807) is 25.3 Å². The predicted octanol–water partition coefficient (Wildman–Crippen LogP) is 2.83. The quantitative estimate of drug-likeness (QED) is 0.693. The van der Waals surface area contributed by atoms with Gasteiger partial charge in [-0.3, -0.25) is 4.79 Å². The highest BCUT2D eigenvalue weighted by Crippen LogP contribution is 2.38. The molecule has 4 nitrogen and oxygen atoms in total. The van der Waals surface area contributed by atoms with Crippen LogP contribution in [0.2, 0.25) is 0 Å². The number of fused-ring (bicyclic) bond motifs is 3. The van der Waals surface area contributed by atoms with Crippen LogP contribution in [0.15, 0.2) is 36.4 Å². The number of esters is 1. The van der Waals surface area contributed by atoms with Gasteiger partial charge in [-0.1, -0.05) is 24.3 Å². The number of ether oxygens (including phenoxy) is 2. The Balaban J connectivity index is 2.16. The first kappa shape index (κ1) is 13.5. The molecule has 0 saturated heterocycles. The second-order valence-corrected chi connectivity index (χ2v) is 4.85. The van der Waals surface area contributed by atoms with Crippen molar-refractivity contribution in [3.8, 4) is 11.1 Å². The summed E-state index contributed by atoms with van der Waals surface area (Å²) >= 11 is 0. The molecule has 0 radical (unpaired) electrons. The summed E-state index contributed by atoms with van der Waals surface area (Å²) in [6.45, 7) is 0.382. The van der Waals surface area contributed by atoms with Crippen molar-refractivity contribution in [1.82, 2.24) is 0 Å². The van der Waals surface area contributed by atoms with E-state index >= 15 is 0 Å². The van der Waals surface area contributed by atoms with Crippen LogP contribution in [-0.2, 0) is 16.1 Å². The van der Waals surface area contributed by atoms with Gasteiger partial charge < -0.3 is 9.47 Å². The maximum Gasteiger partial charge on any atom is 0.337 e. The smallest absolute Gasteiger partial charge is 0.337 e. The largest absolute Gasteiger partial charge is 0.465 e. The van der Waals surface area contributed by atoms with E-state index in [-0.39, 0.29) is 5.78 Å². The van der Waals surface area contributed by atoms with E-state index in [9.17, 15) is 9.59 Å². The number of carbonyl (C=O) groups is 2. The van der Waals surface area contributed by atoms with E-state index in [2.05, 4.69) is 0 Å². The fourth-order valence-electron chi connectivity index (χ4n) is 2.71. The van der Waals surface area contributed by atoms with Crippen molar-refractivity contribution in [2.24, 2.45) is 0 Å². The SMILES string of the molecule is COCc1cccc2c1C(=O)c1cc(C(=O)OC)ccc1-2. The first-order valence-corrected chi connectivity index (χ1v) is 6.55. The number of methoxy groups -OCH3 is 2. The molecule has 0 heterocycles. The lowest BCUT2D eigenvalue weighted by atomic mass is 10.0. The number of hydrogen-bond donors (Lipinski definition) is 0. The van der Waals surface area contributed by atoms with Crippen molar-refractivity contribution in [2.75, 3.05) is 14.2 Å². The minimum Gasteiger partial charge on any atom is -0.465 e. The first-order valence-electron chi connectivity index (χ1n) is 6.55. The monoisotopic (exact) mass is 282 g/mol. The summed E-state index contributed by atoms with van der Waals surface area (Å²) in [4.78, 5) is 24.2. The third-order valence-electron chi connectivity index (χ3n) is 3.65. The standard InChI is InChI=1S/C17H14O4/c1-20-9-11-4-3-5-13-12-7-6-10(17(19)21-2)8-14(12)16(18)15(11)13/h3-8H,9H2,1-2H3. The number of ketones is 1. The lowest BCUT2D eigenvalue weighted by Gasteiger charge is -2.05. The lowest BCUT2D eigenvalue weighted by molar-refractivity contribution is 0.0600. The highest BCUT2D eigenvalue weighted by atomic mass is 16.5. The molecule has 21 heavy (non-hydrogen) atoms. The molecule has 0 bridgehead atoms. The van der Waals surface area contributed by atoms with Crippen molar-refractivity contribution in [3.05, 3.63) is 58.7 Å².